The average molecular weight is 347 g/mol. The van der Waals surface area contributed by atoms with Crippen LogP contribution in [0.25, 0.3) is 0 Å². The van der Waals surface area contributed by atoms with Crippen LogP contribution in [0.4, 0.5) is 0 Å². The van der Waals surface area contributed by atoms with Gasteiger partial charge >= 0.3 is 0 Å². The van der Waals surface area contributed by atoms with Gasteiger partial charge in [0.15, 0.2) is 11.7 Å². The van der Waals surface area contributed by atoms with Crippen molar-refractivity contribution in [3.63, 3.8) is 0 Å². The maximum absolute atomic E-state index is 12.3. The lowest BCUT2D eigenvalue weighted by Gasteiger charge is -2.10. The van der Waals surface area contributed by atoms with Gasteiger partial charge in [0.25, 0.3) is 0 Å². The van der Waals surface area contributed by atoms with Gasteiger partial charge in [-0.1, -0.05) is 53.5 Å². The van der Waals surface area contributed by atoms with E-state index in [0.717, 1.165) is 5.56 Å². The van der Waals surface area contributed by atoms with Gasteiger partial charge in [-0.15, -0.1) is 0 Å². The smallest absolute Gasteiger partial charge is 0.245 e. The van der Waals surface area contributed by atoms with Gasteiger partial charge in [-0.3, -0.25) is 9.59 Å². The zero-order valence-corrected chi connectivity index (χ0v) is 13.4. The van der Waals surface area contributed by atoms with E-state index in [9.17, 15) is 9.59 Å². The average Bonchev–Trinajstić information content (AvgIpc) is 2.53. The first-order chi connectivity index (χ1) is 11.0. The molecule has 0 aliphatic heterocycles. The Balaban J connectivity index is 2.10. The summed E-state index contributed by atoms with van der Waals surface area (Å²) >= 11 is 11.7. The van der Waals surface area contributed by atoms with Crippen LogP contribution in [0.2, 0.25) is 10.0 Å². The summed E-state index contributed by atoms with van der Waals surface area (Å²) in [6, 6.07) is 15.2. The molecule has 23 heavy (non-hydrogen) atoms. The number of hydrogen-bond donors (Lipinski definition) is 1. The molecule has 1 amide bonds. The summed E-state index contributed by atoms with van der Waals surface area (Å²) in [6.07, 6.45) is 0. The van der Waals surface area contributed by atoms with Crippen LogP contribution in [0, 0.1) is 17.2 Å². The molecule has 1 unspecified atom stereocenters. The van der Waals surface area contributed by atoms with Gasteiger partial charge in [-0.25, -0.2) is 0 Å². The molecular weight excluding hydrogens is 335 g/mol. The van der Waals surface area contributed by atoms with Gasteiger partial charge in [0.05, 0.1) is 6.07 Å². The Hall–Kier alpha value is -2.35. The first kappa shape index (κ1) is 17.0. The number of hydrogen-bond acceptors (Lipinski definition) is 3. The zero-order valence-electron chi connectivity index (χ0n) is 11.9. The van der Waals surface area contributed by atoms with Crippen molar-refractivity contribution in [3.8, 4) is 6.07 Å². The lowest BCUT2D eigenvalue weighted by atomic mass is 9.98. The lowest BCUT2D eigenvalue weighted by molar-refractivity contribution is -0.122. The molecule has 1 N–H and O–H groups in total. The van der Waals surface area contributed by atoms with Crippen molar-refractivity contribution in [1.82, 2.24) is 5.32 Å². The lowest BCUT2D eigenvalue weighted by Crippen LogP contribution is -2.34. The second-order valence-electron chi connectivity index (χ2n) is 4.79. The number of Topliss-reactive ketones (excluding diaryl/α,β-unsaturated/α-hetero) is 1. The number of amides is 1. The van der Waals surface area contributed by atoms with Crippen LogP contribution in [-0.4, -0.2) is 11.7 Å². The minimum Gasteiger partial charge on any atom is -0.350 e. The highest BCUT2D eigenvalue weighted by Gasteiger charge is 2.27. The van der Waals surface area contributed by atoms with Crippen molar-refractivity contribution in [1.29, 1.82) is 5.26 Å². The molecule has 2 aromatic carbocycles. The van der Waals surface area contributed by atoms with E-state index in [-0.39, 0.29) is 22.2 Å². The van der Waals surface area contributed by atoms with Crippen molar-refractivity contribution in [2.24, 2.45) is 5.92 Å². The third-order valence-electron chi connectivity index (χ3n) is 3.11. The predicted octanol–water partition coefficient (Wildman–Crippen LogP) is 3.63. The van der Waals surface area contributed by atoms with E-state index < -0.39 is 17.6 Å². The molecule has 2 aromatic rings. The topological polar surface area (TPSA) is 70.0 Å². The number of ketones is 1. The summed E-state index contributed by atoms with van der Waals surface area (Å²) in [5.41, 5.74) is 1.000. The standard InChI is InChI=1S/C17H12Cl2N2O2/c18-13-6-12(7-14(19)8-13)16(22)15(9-20)17(23)21-10-11-4-2-1-3-5-11/h1-8,15H,10H2,(H,21,23). The highest BCUT2D eigenvalue weighted by Crippen LogP contribution is 2.21. The second-order valence-corrected chi connectivity index (χ2v) is 5.66. The van der Waals surface area contributed by atoms with Crippen LogP contribution in [0.1, 0.15) is 15.9 Å². The molecule has 0 fully saturated rings. The quantitative estimate of drug-likeness (QED) is 0.663. The summed E-state index contributed by atoms with van der Waals surface area (Å²) in [5.74, 6) is -2.74. The van der Waals surface area contributed by atoms with Crippen LogP contribution in [0.3, 0.4) is 0 Å². The summed E-state index contributed by atoms with van der Waals surface area (Å²) in [4.78, 5) is 24.4. The highest BCUT2D eigenvalue weighted by atomic mass is 35.5. The number of carbonyl (C=O) groups excluding carboxylic acids is 2. The van der Waals surface area contributed by atoms with Gasteiger partial charge in [0.2, 0.25) is 5.91 Å². The van der Waals surface area contributed by atoms with Crippen LogP contribution >= 0.6 is 23.2 Å². The number of nitrogens with zero attached hydrogens (tertiary/aromatic N) is 1. The third-order valence-corrected chi connectivity index (χ3v) is 3.55. The van der Waals surface area contributed by atoms with Crippen molar-refractivity contribution in [2.75, 3.05) is 0 Å². The normalized spacial score (nSPS) is 11.3. The van der Waals surface area contributed by atoms with Crippen LogP contribution in [0.15, 0.2) is 48.5 Å². The Morgan fingerprint density at radius 2 is 1.70 bits per heavy atom. The van der Waals surface area contributed by atoms with Crippen LogP contribution < -0.4 is 5.32 Å². The van der Waals surface area contributed by atoms with Gasteiger partial charge in [-0.2, -0.15) is 5.26 Å². The van der Waals surface area contributed by atoms with E-state index in [1.807, 2.05) is 30.3 Å². The fraction of sp³-hybridized carbons (Fsp3) is 0.118. The summed E-state index contributed by atoms with van der Waals surface area (Å²) < 4.78 is 0. The number of halogens is 2. The first-order valence-electron chi connectivity index (χ1n) is 6.73. The van der Waals surface area contributed by atoms with Gasteiger partial charge < -0.3 is 5.32 Å². The number of rotatable bonds is 5. The predicted molar refractivity (Wildman–Crippen MR) is 88.2 cm³/mol. The van der Waals surface area contributed by atoms with E-state index in [4.69, 9.17) is 28.5 Å². The molecular formula is C17H12Cl2N2O2. The third kappa shape index (κ3) is 4.56. The minimum atomic E-state index is -1.45. The zero-order chi connectivity index (χ0) is 16.8. The van der Waals surface area contributed by atoms with E-state index in [1.54, 1.807) is 6.07 Å². The largest absolute Gasteiger partial charge is 0.350 e. The number of benzene rings is 2. The van der Waals surface area contributed by atoms with E-state index >= 15 is 0 Å². The second kappa shape index (κ2) is 7.77. The van der Waals surface area contributed by atoms with Gasteiger partial charge in [0.1, 0.15) is 0 Å². The van der Waals surface area contributed by atoms with Gasteiger partial charge in [-0.05, 0) is 23.8 Å². The molecule has 116 valence electrons. The summed E-state index contributed by atoms with van der Waals surface area (Å²) in [7, 11) is 0. The molecule has 1 atom stereocenters. The Morgan fingerprint density at radius 3 is 2.26 bits per heavy atom. The van der Waals surface area contributed by atoms with E-state index in [1.165, 1.54) is 18.2 Å². The van der Waals surface area contributed by atoms with Crippen molar-refractivity contribution in [2.45, 2.75) is 6.54 Å². The van der Waals surface area contributed by atoms with Crippen LogP contribution in [-0.2, 0) is 11.3 Å². The highest BCUT2D eigenvalue weighted by molar-refractivity contribution is 6.35. The molecule has 0 aliphatic rings. The van der Waals surface area contributed by atoms with E-state index in [0.29, 0.717) is 0 Å². The maximum atomic E-state index is 12.3. The fourth-order valence-corrected chi connectivity index (χ4v) is 2.51. The SMILES string of the molecule is N#CC(C(=O)NCc1ccccc1)C(=O)c1cc(Cl)cc(Cl)c1. The maximum Gasteiger partial charge on any atom is 0.245 e. The summed E-state index contributed by atoms with van der Waals surface area (Å²) in [5, 5.41) is 12.3. The summed E-state index contributed by atoms with van der Waals surface area (Å²) in [6.45, 7) is 0.238. The Bertz CT molecular complexity index is 750. The molecule has 0 spiro atoms. The minimum absolute atomic E-state index is 0.129. The molecule has 0 saturated carbocycles. The molecule has 0 radical (unpaired) electrons. The molecule has 0 aromatic heterocycles. The van der Waals surface area contributed by atoms with Crippen molar-refractivity contribution in [3.05, 3.63) is 69.7 Å². The number of nitrogens with one attached hydrogen (secondary N) is 1. The fourth-order valence-electron chi connectivity index (χ4n) is 1.99. The Morgan fingerprint density at radius 1 is 1.09 bits per heavy atom. The molecule has 4 nitrogen and oxygen atoms in total. The van der Waals surface area contributed by atoms with Crippen molar-refractivity contribution >= 4 is 34.9 Å². The molecule has 0 saturated heterocycles. The molecule has 0 bridgehead atoms. The molecule has 6 heteroatoms. The number of nitriles is 1. The van der Waals surface area contributed by atoms with E-state index in [2.05, 4.69) is 5.32 Å². The Labute approximate surface area is 143 Å². The van der Waals surface area contributed by atoms with Crippen molar-refractivity contribution < 1.29 is 9.59 Å². The monoisotopic (exact) mass is 346 g/mol. The molecule has 0 heterocycles. The van der Waals surface area contributed by atoms with Crippen LogP contribution in [0.5, 0.6) is 0 Å². The molecule has 2 rings (SSSR count). The Kier molecular flexibility index (Phi) is 5.75. The first-order valence-corrected chi connectivity index (χ1v) is 7.48. The number of carbonyl (C=O) groups is 2. The van der Waals surface area contributed by atoms with Gasteiger partial charge in [0, 0.05) is 22.2 Å². The molecule has 0 aliphatic carbocycles.